The lowest BCUT2D eigenvalue weighted by atomic mass is 9.93. The average Bonchev–Trinajstić information content (AvgIpc) is 2.69. The van der Waals surface area contributed by atoms with Crippen molar-refractivity contribution in [3.8, 4) is 0 Å². The number of fused-ring (bicyclic) bond motifs is 1. The molecule has 1 unspecified atom stereocenters. The Bertz CT molecular complexity index is 772. The Morgan fingerprint density at radius 3 is 1.96 bits per heavy atom. The number of nitrogens with one attached hydrogen (secondary N) is 1. The highest BCUT2D eigenvalue weighted by Crippen LogP contribution is 2.25. The van der Waals surface area contributed by atoms with Crippen LogP contribution in [-0.4, -0.2) is 18.0 Å². The molecular weight excluding hydrogens is 316 g/mol. The van der Waals surface area contributed by atoms with Crippen LogP contribution in [0.3, 0.4) is 0 Å². The van der Waals surface area contributed by atoms with Crippen LogP contribution in [0.1, 0.15) is 16.7 Å². The van der Waals surface area contributed by atoms with Crippen LogP contribution in [-0.2, 0) is 19.5 Å². The fraction of sp³-hybridized carbons (Fsp3) is 0.250. The Morgan fingerprint density at radius 1 is 0.731 bits per heavy atom. The molecule has 0 aliphatic carbocycles. The van der Waals surface area contributed by atoms with Crippen LogP contribution in [0.4, 0.5) is 5.69 Å². The second-order valence-electron chi connectivity index (χ2n) is 7.25. The quantitative estimate of drug-likeness (QED) is 0.680. The molecule has 1 heterocycles. The summed E-state index contributed by atoms with van der Waals surface area (Å²) in [6.45, 7) is 4.14. The van der Waals surface area contributed by atoms with E-state index in [1.54, 1.807) is 0 Å². The van der Waals surface area contributed by atoms with E-state index in [4.69, 9.17) is 0 Å². The largest absolute Gasteiger partial charge is 0.384 e. The summed E-state index contributed by atoms with van der Waals surface area (Å²) in [7, 11) is 0. The van der Waals surface area contributed by atoms with Gasteiger partial charge in [0.15, 0.2) is 0 Å². The van der Waals surface area contributed by atoms with E-state index in [0.717, 1.165) is 32.6 Å². The Labute approximate surface area is 156 Å². The van der Waals surface area contributed by atoms with Gasteiger partial charge < -0.3 is 5.32 Å². The van der Waals surface area contributed by atoms with E-state index in [-0.39, 0.29) is 0 Å². The van der Waals surface area contributed by atoms with Crippen LogP contribution in [0, 0.1) is 5.92 Å². The molecule has 1 N–H and O–H groups in total. The Kier molecular flexibility index (Phi) is 5.32. The molecule has 0 fully saturated rings. The molecule has 0 aromatic heterocycles. The fourth-order valence-corrected chi connectivity index (χ4v) is 3.87. The number of anilines is 1. The summed E-state index contributed by atoms with van der Waals surface area (Å²) in [5.41, 5.74) is 5.52. The normalized spacial score (nSPS) is 16.1. The molecule has 0 bridgehead atoms. The molecule has 2 nitrogen and oxygen atoms in total. The molecule has 1 aliphatic rings. The second kappa shape index (κ2) is 8.20. The maximum atomic E-state index is 3.62. The lowest BCUT2D eigenvalue weighted by molar-refractivity contribution is 0.216. The summed E-state index contributed by atoms with van der Waals surface area (Å²) >= 11 is 0. The molecule has 0 radical (unpaired) electrons. The zero-order valence-electron chi connectivity index (χ0n) is 15.1. The van der Waals surface area contributed by atoms with Crippen LogP contribution in [0.15, 0.2) is 84.9 Å². The van der Waals surface area contributed by atoms with Gasteiger partial charge in [-0.25, -0.2) is 0 Å². The van der Waals surface area contributed by atoms with E-state index in [2.05, 4.69) is 95.1 Å². The first-order valence-corrected chi connectivity index (χ1v) is 9.49. The number of hydrogen-bond acceptors (Lipinski definition) is 2. The van der Waals surface area contributed by atoms with Crippen molar-refractivity contribution in [2.45, 2.75) is 19.5 Å². The first-order valence-electron chi connectivity index (χ1n) is 9.49. The molecule has 0 amide bonds. The minimum Gasteiger partial charge on any atom is -0.384 e. The van der Waals surface area contributed by atoms with E-state index < -0.39 is 0 Å². The van der Waals surface area contributed by atoms with Crippen molar-refractivity contribution in [2.75, 3.05) is 18.4 Å². The molecule has 0 spiro atoms. The van der Waals surface area contributed by atoms with E-state index >= 15 is 0 Å². The number of para-hydroxylation sites is 1. The predicted molar refractivity (Wildman–Crippen MR) is 109 cm³/mol. The third-order valence-electron chi connectivity index (χ3n) is 5.12. The summed E-state index contributed by atoms with van der Waals surface area (Å²) < 4.78 is 0. The lowest BCUT2D eigenvalue weighted by Gasteiger charge is -2.31. The Morgan fingerprint density at radius 2 is 1.31 bits per heavy atom. The number of benzene rings is 3. The molecule has 3 aromatic carbocycles. The summed E-state index contributed by atoms with van der Waals surface area (Å²) in [6, 6.07) is 30.3. The van der Waals surface area contributed by atoms with Gasteiger partial charge in [-0.3, -0.25) is 4.90 Å². The molecule has 26 heavy (non-hydrogen) atoms. The van der Waals surface area contributed by atoms with E-state index in [0.29, 0.717) is 5.92 Å². The topological polar surface area (TPSA) is 15.3 Å². The molecular formula is C24H26N2. The smallest absolute Gasteiger partial charge is 0.0372 e. The van der Waals surface area contributed by atoms with Crippen LogP contribution in [0.25, 0.3) is 0 Å². The zero-order valence-corrected chi connectivity index (χ0v) is 15.1. The molecule has 4 rings (SSSR count). The van der Waals surface area contributed by atoms with Crippen molar-refractivity contribution >= 4 is 5.69 Å². The van der Waals surface area contributed by atoms with Gasteiger partial charge in [-0.15, -0.1) is 0 Å². The minimum absolute atomic E-state index is 0.636. The van der Waals surface area contributed by atoms with Gasteiger partial charge in [-0.1, -0.05) is 78.9 Å². The van der Waals surface area contributed by atoms with Crippen molar-refractivity contribution in [1.82, 2.24) is 4.90 Å². The van der Waals surface area contributed by atoms with Crippen LogP contribution in [0.5, 0.6) is 0 Å². The summed E-state index contributed by atoms with van der Waals surface area (Å²) in [5.74, 6) is 0.636. The van der Waals surface area contributed by atoms with Gasteiger partial charge in [0.2, 0.25) is 0 Å². The second-order valence-corrected chi connectivity index (χ2v) is 7.25. The molecule has 1 aliphatic heterocycles. The van der Waals surface area contributed by atoms with Crippen molar-refractivity contribution in [3.05, 3.63) is 102 Å². The maximum absolute atomic E-state index is 3.62. The average molecular weight is 342 g/mol. The molecule has 3 aromatic rings. The molecule has 2 heteroatoms. The number of nitrogens with zero attached hydrogens (tertiary/aromatic N) is 1. The Balaban J connectivity index is 1.47. The first kappa shape index (κ1) is 16.9. The molecule has 0 saturated heterocycles. The zero-order chi connectivity index (χ0) is 17.6. The van der Waals surface area contributed by atoms with Gasteiger partial charge in [0.25, 0.3) is 0 Å². The molecule has 1 atom stereocenters. The van der Waals surface area contributed by atoms with Gasteiger partial charge in [-0.2, -0.15) is 0 Å². The van der Waals surface area contributed by atoms with E-state index in [1.807, 2.05) is 0 Å². The Hall–Kier alpha value is -2.58. The van der Waals surface area contributed by atoms with Gasteiger partial charge in [0, 0.05) is 31.9 Å². The number of rotatable bonds is 6. The van der Waals surface area contributed by atoms with Crippen molar-refractivity contribution < 1.29 is 0 Å². The van der Waals surface area contributed by atoms with Crippen LogP contribution < -0.4 is 5.32 Å². The van der Waals surface area contributed by atoms with E-state index in [9.17, 15) is 0 Å². The minimum atomic E-state index is 0.636. The van der Waals surface area contributed by atoms with Crippen molar-refractivity contribution in [3.63, 3.8) is 0 Å². The maximum Gasteiger partial charge on any atom is 0.0372 e. The van der Waals surface area contributed by atoms with Gasteiger partial charge >= 0.3 is 0 Å². The molecule has 0 saturated carbocycles. The highest BCUT2D eigenvalue weighted by atomic mass is 15.1. The lowest BCUT2D eigenvalue weighted by Crippen LogP contribution is -2.35. The molecule has 132 valence electrons. The fourth-order valence-electron chi connectivity index (χ4n) is 3.87. The third kappa shape index (κ3) is 4.33. The first-order chi connectivity index (χ1) is 12.9. The predicted octanol–water partition coefficient (Wildman–Crippen LogP) is 4.97. The summed E-state index contributed by atoms with van der Waals surface area (Å²) in [5, 5.41) is 3.62. The van der Waals surface area contributed by atoms with Gasteiger partial charge in [0.05, 0.1) is 0 Å². The summed E-state index contributed by atoms with van der Waals surface area (Å²) in [6.07, 6.45) is 1.16. The monoisotopic (exact) mass is 342 g/mol. The SMILES string of the molecule is c1ccc(CN(Cc2ccccc2)CC2CNc3ccccc3C2)cc1. The standard InChI is InChI=1S/C24H26N2/c1-3-9-20(10-4-1)17-26(18-21-11-5-2-6-12-21)19-22-15-23-13-7-8-14-24(23)25-16-22/h1-14,22,25H,15-19H2. The van der Waals surface area contributed by atoms with Gasteiger partial charge in [0.1, 0.15) is 0 Å². The van der Waals surface area contributed by atoms with Crippen molar-refractivity contribution in [1.29, 1.82) is 0 Å². The van der Waals surface area contributed by atoms with Crippen molar-refractivity contribution in [2.24, 2.45) is 5.92 Å². The van der Waals surface area contributed by atoms with Gasteiger partial charge in [-0.05, 0) is 35.1 Å². The highest BCUT2D eigenvalue weighted by Gasteiger charge is 2.20. The summed E-state index contributed by atoms with van der Waals surface area (Å²) in [4.78, 5) is 2.59. The van der Waals surface area contributed by atoms with E-state index in [1.165, 1.54) is 22.4 Å². The van der Waals surface area contributed by atoms with Crippen LogP contribution >= 0.6 is 0 Å². The van der Waals surface area contributed by atoms with Crippen LogP contribution in [0.2, 0.25) is 0 Å². The highest BCUT2D eigenvalue weighted by molar-refractivity contribution is 5.53. The number of hydrogen-bond donors (Lipinski definition) is 1. The third-order valence-corrected chi connectivity index (χ3v) is 5.12.